The van der Waals surface area contributed by atoms with Crippen LogP contribution in [0, 0.1) is 5.92 Å². The lowest BCUT2D eigenvalue weighted by Crippen LogP contribution is -2.24. The van der Waals surface area contributed by atoms with Gasteiger partial charge in [0.15, 0.2) is 0 Å². The van der Waals surface area contributed by atoms with Crippen molar-refractivity contribution in [1.29, 1.82) is 0 Å². The number of aliphatic hydroxyl groups is 1. The van der Waals surface area contributed by atoms with Crippen LogP contribution in [0.1, 0.15) is 38.0 Å². The molecular weight excluding hydrogens is 378 g/mol. The summed E-state index contributed by atoms with van der Waals surface area (Å²) >= 11 is 6.65. The summed E-state index contributed by atoms with van der Waals surface area (Å²) in [5, 5.41) is 10.4. The number of hydrogen-bond donors (Lipinski definition) is 1. The van der Waals surface area contributed by atoms with Crippen LogP contribution in [0.15, 0.2) is 21.2 Å². The van der Waals surface area contributed by atoms with Crippen molar-refractivity contribution in [3.63, 3.8) is 0 Å². The summed E-state index contributed by atoms with van der Waals surface area (Å²) in [5.74, 6) is -0.993. The minimum atomic E-state index is -0.971. The second-order valence-corrected chi connectivity index (χ2v) is 6.01. The number of unbranched alkanes of at least 4 members (excludes halogenated alkanes) is 1. The number of carbonyl (C=O) groups is 1. The van der Waals surface area contributed by atoms with Crippen LogP contribution in [-0.4, -0.2) is 23.2 Å². The van der Waals surface area contributed by atoms with Crippen LogP contribution in [0.25, 0.3) is 0 Å². The Morgan fingerprint density at radius 1 is 1.53 bits per heavy atom. The van der Waals surface area contributed by atoms with Crippen LogP contribution in [0.5, 0.6) is 0 Å². The van der Waals surface area contributed by atoms with Gasteiger partial charge in [-0.2, -0.15) is 0 Å². The summed E-state index contributed by atoms with van der Waals surface area (Å²) in [5.41, 5.74) is 0.453. The van der Waals surface area contributed by atoms with Gasteiger partial charge in [-0.15, -0.1) is 0 Å². The standard InChI is InChI=1S/C13H17Br2NO3/c1-3-4-5-9(13(18)19-2)12(17)11-10(15)6-8(14)7-16-11/h6-7,9,12,17H,3-5H2,1-2H3. The normalized spacial score (nSPS) is 13.9. The zero-order chi connectivity index (χ0) is 14.4. The van der Waals surface area contributed by atoms with Gasteiger partial charge in [-0.3, -0.25) is 9.78 Å². The SMILES string of the molecule is CCCCC(C(=O)OC)C(O)c1ncc(Br)cc1Br. The Kier molecular flexibility index (Phi) is 6.96. The number of pyridine rings is 1. The molecule has 0 fully saturated rings. The number of esters is 1. The molecule has 6 heteroatoms. The fraction of sp³-hybridized carbons (Fsp3) is 0.538. The monoisotopic (exact) mass is 393 g/mol. The first kappa shape index (κ1) is 16.6. The molecule has 0 saturated carbocycles. The number of aliphatic hydroxyl groups excluding tert-OH is 1. The summed E-state index contributed by atoms with van der Waals surface area (Å²) in [6, 6.07) is 1.79. The number of rotatable bonds is 6. The predicted octanol–water partition coefficient (Wildman–Crippen LogP) is 3.62. The maximum absolute atomic E-state index is 11.8. The van der Waals surface area contributed by atoms with Crippen molar-refractivity contribution in [2.45, 2.75) is 32.3 Å². The van der Waals surface area contributed by atoms with E-state index in [0.29, 0.717) is 16.6 Å². The fourth-order valence-corrected chi connectivity index (χ4v) is 3.04. The molecule has 2 atom stereocenters. The molecule has 1 aromatic rings. The molecule has 2 unspecified atom stereocenters. The number of methoxy groups -OCH3 is 1. The lowest BCUT2D eigenvalue weighted by molar-refractivity contribution is -0.150. The number of nitrogens with zero attached hydrogens (tertiary/aromatic N) is 1. The third kappa shape index (κ3) is 4.54. The van der Waals surface area contributed by atoms with Gasteiger partial charge in [0.2, 0.25) is 0 Å². The fourth-order valence-electron chi connectivity index (χ4n) is 1.81. The molecule has 1 aromatic heterocycles. The molecule has 0 aliphatic heterocycles. The minimum Gasteiger partial charge on any atom is -0.469 e. The van der Waals surface area contributed by atoms with Gasteiger partial charge in [-0.25, -0.2) is 0 Å². The Labute approximate surface area is 129 Å². The Hall–Kier alpha value is -0.460. The van der Waals surface area contributed by atoms with Crippen LogP contribution in [0.2, 0.25) is 0 Å². The average molecular weight is 395 g/mol. The molecule has 0 aromatic carbocycles. The van der Waals surface area contributed by atoms with E-state index in [1.165, 1.54) is 7.11 Å². The van der Waals surface area contributed by atoms with Gasteiger partial charge in [-0.1, -0.05) is 19.8 Å². The van der Waals surface area contributed by atoms with E-state index in [2.05, 4.69) is 36.8 Å². The summed E-state index contributed by atoms with van der Waals surface area (Å²) < 4.78 is 6.23. The third-order valence-electron chi connectivity index (χ3n) is 2.87. The van der Waals surface area contributed by atoms with Gasteiger partial charge < -0.3 is 9.84 Å². The van der Waals surface area contributed by atoms with Crippen molar-refractivity contribution in [3.8, 4) is 0 Å². The molecule has 1 N–H and O–H groups in total. The first-order chi connectivity index (χ1) is 9.01. The maximum Gasteiger partial charge on any atom is 0.311 e. The molecule has 4 nitrogen and oxygen atoms in total. The molecule has 19 heavy (non-hydrogen) atoms. The zero-order valence-corrected chi connectivity index (χ0v) is 14.1. The third-order valence-corrected chi connectivity index (χ3v) is 3.94. The van der Waals surface area contributed by atoms with Crippen molar-refractivity contribution in [3.05, 3.63) is 26.9 Å². The molecule has 0 aliphatic rings. The van der Waals surface area contributed by atoms with E-state index in [4.69, 9.17) is 4.74 Å². The van der Waals surface area contributed by atoms with Crippen molar-refractivity contribution in [2.24, 2.45) is 5.92 Å². The van der Waals surface area contributed by atoms with E-state index in [1.807, 2.05) is 6.92 Å². The van der Waals surface area contributed by atoms with E-state index >= 15 is 0 Å². The van der Waals surface area contributed by atoms with Gasteiger partial charge >= 0.3 is 5.97 Å². The van der Waals surface area contributed by atoms with Crippen molar-refractivity contribution < 1.29 is 14.6 Å². The Morgan fingerprint density at radius 2 is 2.21 bits per heavy atom. The Balaban J connectivity index is 2.97. The second-order valence-electron chi connectivity index (χ2n) is 4.24. The number of hydrogen-bond acceptors (Lipinski definition) is 4. The number of carbonyl (C=O) groups excluding carboxylic acids is 1. The number of ether oxygens (including phenoxy) is 1. The molecule has 0 aliphatic carbocycles. The highest BCUT2D eigenvalue weighted by Crippen LogP contribution is 2.32. The molecule has 0 spiro atoms. The molecule has 106 valence electrons. The van der Waals surface area contributed by atoms with E-state index in [9.17, 15) is 9.90 Å². The van der Waals surface area contributed by atoms with Crippen LogP contribution < -0.4 is 0 Å². The van der Waals surface area contributed by atoms with Gasteiger partial charge in [0.25, 0.3) is 0 Å². The highest BCUT2D eigenvalue weighted by Gasteiger charge is 2.30. The molecule has 0 saturated heterocycles. The first-order valence-electron chi connectivity index (χ1n) is 6.08. The molecular formula is C13H17Br2NO3. The average Bonchev–Trinajstić information content (AvgIpc) is 2.38. The van der Waals surface area contributed by atoms with Crippen molar-refractivity contribution in [2.75, 3.05) is 7.11 Å². The van der Waals surface area contributed by atoms with Crippen LogP contribution in [-0.2, 0) is 9.53 Å². The Morgan fingerprint density at radius 3 is 2.74 bits per heavy atom. The molecule has 0 radical (unpaired) electrons. The summed E-state index contributed by atoms with van der Waals surface area (Å²) in [6.07, 6.45) is 3.01. The van der Waals surface area contributed by atoms with Crippen molar-refractivity contribution >= 4 is 37.8 Å². The molecule has 0 bridgehead atoms. The topological polar surface area (TPSA) is 59.4 Å². The quantitative estimate of drug-likeness (QED) is 0.748. The van der Waals surface area contributed by atoms with Crippen LogP contribution >= 0.6 is 31.9 Å². The van der Waals surface area contributed by atoms with Gasteiger partial charge in [0, 0.05) is 15.1 Å². The van der Waals surface area contributed by atoms with Crippen molar-refractivity contribution in [1.82, 2.24) is 4.98 Å². The second kappa shape index (κ2) is 7.97. The predicted molar refractivity (Wildman–Crippen MR) is 79.6 cm³/mol. The van der Waals surface area contributed by atoms with E-state index in [1.54, 1.807) is 12.3 Å². The zero-order valence-electron chi connectivity index (χ0n) is 10.9. The maximum atomic E-state index is 11.8. The van der Waals surface area contributed by atoms with E-state index in [-0.39, 0.29) is 0 Å². The largest absolute Gasteiger partial charge is 0.469 e. The minimum absolute atomic E-state index is 0.405. The summed E-state index contributed by atoms with van der Waals surface area (Å²) in [7, 11) is 1.33. The lowest BCUT2D eigenvalue weighted by atomic mass is 9.93. The number of halogens is 2. The number of aromatic nitrogens is 1. The van der Waals surface area contributed by atoms with Gasteiger partial charge in [-0.05, 0) is 44.3 Å². The molecule has 1 heterocycles. The lowest BCUT2D eigenvalue weighted by Gasteiger charge is -2.21. The smallest absolute Gasteiger partial charge is 0.311 e. The Bertz CT molecular complexity index is 440. The van der Waals surface area contributed by atoms with Crippen LogP contribution in [0.3, 0.4) is 0 Å². The van der Waals surface area contributed by atoms with Gasteiger partial charge in [0.1, 0.15) is 6.10 Å². The van der Waals surface area contributed by atoms with E-state index < -0.39 is 18.0 Å². The highest BCUT2D eigenvalue weighted by molar-refractivity contribution is 9.11. The first-order valence-corrected chi connectivity index (χ1v) is 7.66. The van der Waals surface area contributed by atoms with Crippen LogP contribution in [0.4, 0.5) is 0 Å². The van der Waals surface area contributed by atoms with E-state index in [0.717, 1.165) is 17.3 Å². The highest BCUT2D eigenvalue weighted by atomic mass is 79.9. The molecule has 0 amide bonds. The van der Waals surface area contributed by atoms with Gasteiger partial charge in [0.05, 0.1) is 18.7 Å². The molecule has 1 rings (SSSR count). The summed E-state index contributed by atoms with van der Waals surface area (Å²) in [6.45, 7) is 2.04. The summed E-state index contributed by atoms with van der Waals surface area (Å²) in [4.78, 5) is 15.9.